The molecule has 1 aromatic heterocycles. The summed E-state index contributed by atoms with van der Waals surface area (Å²) in [6.45, 7) is 0. The van der Waals surface area contributed by atoms with Crippen LogP contribution in [0.15, 0.2) is 91.0 Å². The van der Waals surface area contributed by atoms with Crippen molar-refractivity contribution in [3.05, 3.63) is 102 Å². The third-order valence-electron chi connectivity index (χ3n) is 5.89. The summed E-state index contributed by atoms with van der Waals surface area (Å²) in [5.41, 5.74) is 6.31. The molecule has 5 aromatic rings. The Morgan fingerprint density at radius 3 is 2.16 bits per heavy atom. The number of nitrogens with one attached hydrogen (secondary N) is 1. The van der Waals surface area contributed by atoms with Gasteiger partial charge in [0, 0.05) is 11.8 Å². The number of aromatic hydroxyl groups is 1. The molecule has 4 aromatic carbocycles. The molecule has 6 rings (SSSR count). The Morgan fingerprint density at radius 2 is 1.47 bits per heavy atom. The molecule has 0 spiro atoms. The van der Waals surface area contributed by atoms with Crippen LogP contribution in [0.25, 0.3) is 31.9 Å². The van der Waals surface area contributed by atoms with E-state index < -0.39 is 0 Å². The molecule has 0 aliphatic heterocycles. The predicted octanol–water partition coefficient (Wildman–Crippen LogP) is 6.42. The van der Waals surface area contributed by atoms with Crippen LogP contribution in [-0.2, 0) is 4.79 Å². The topological polar surface area (TPSA) is 62.2 Å². The molecule has 5 heteroatoms. The van der Waals surface area contributed by atoms with E-state index >= 15 is 0 Å². The fourth-order valence-electron chi connectivity index (χ4n) is 4.43. The zero-order valence-corrected chi connectivity index (χ0v) is 17.8. The van der Waals surface area contributed by atoms with Crippen LogP contribution >= 0.6 is 11.3 Å². The molecule has 4 nitrogen and oxygen atoms in total. The van der Waals surface area contributed by atoms with E-state index in [0.29, 0.717) is 11.3 Å². The number of phenolic OH excluding ortho intramolecular Hbond substituents is 1. The van der Waals surface area contributed by atoms with E-state index in [2.05, 4.69) is 22.4 Å². The molecule has 0 fully saturated rings. The van der Waals surface area contributed by atoms with Gasteiger partial charge in [-0.05, 0) is 46.5 Å². The number of rotatable bonds is 3. The van der Waals surface area contributed by atoms with Gasteiger partial charge in [0.15, 0.2) is 0 Å². The van der Waals surface area contributed by atoms with Crippen molar-refractivity contribution >= 4 is 33.1 Å². The number of phenols is 1. The van der Waals surface area contributed by atoms with Gasteiger partial charge in [0.1, 0.15) is 10.8 Å². The van der Waals surface area contributed by atoms with Gasteiger partial charge in [-0.3, -0.25) is 4.79 Å². The quantitative estimate of drug-likeness (QED) is 0.344. The summed E-state index contributed by atoms with van der Waals surface area (Å²) in [6, 6.07) is 29.1. The second-order valence-electron chi connectivity index (χ2n) is 7.82. The van der Waals surface area contributed by atoms with Crippen LogP contribution in [0.3, 0.4) is 0 Å². The molecule has 0 saturated carbocycles. The van der Waals surface area contributed by atoms with Crippen LogP contribution in [0.5, 0.6) is 5.75 Å². The van der Waals surface area contributed by atoms with E-state index in [-0.39, 0.29) is 17.6 Å². The highest BCUT2D eigenvalue weighted by atomic mass is 32.1. The van der Waals surface area contributed by atoms with Crippen LogP contribution in [0, 0.1) is 0 Å². The summed E-state index contributed by atoms with van der Waals surface area (Å²) in [7, 11) is 0. The Kier molecular flexibility index (Phi) is 4.30. The van der Waals surface area contributed by atoms with Crippen LogP contribution in [0.4, 0.5) is 5.69 Å². The number of anilines is 1. The van der Waals surface area contributed by atoms with E-state index in [1.54, 1.807) is 12.1 Å². The minimum absolute atomic E-state index is 0.0917. The Bertz CT molecular complexity index is 1430. The number of fused-ring (bicyclic) bond motifs is 4. The van der Waals surface area contributed by atoms with Gasteiger partial charge in [-0.15, -0.1) is 11.3 Å². The largest absolute Gasteiger partial charge is 0.507 e. The summed E-state index contributed by atoms with van der Waals surface area (Å²) in [5.74, 6) is -0.405. The lowest BCUT2D eigenvalue weighted by Gasteiger charge is -2.14. The predicted molar refractivity (Wildman–Crippen MR) is 129 cm³/mol. The lowest BCUT2D eigenvalue weighted by molar-refractivity contribution is -0.116. The van der Waals surface area contributed by atoms with Crippen molar-refractivity contribution in [1.29, 1.82) is 0 Å². The number of para-hydroxylation sites is 1. The van der Waals surface area contributed by atoms with Gasteiger partial charge in [-0.2, -0.15) is 0 Å². The monoisotopic (exact) mass is 434 g/mol. The molecule has 0 bridgehead atoms. The van der Waals surface area contributed by atoms with E-state index in [9.17, 15) is 9.90 Å². The third-order valence-corrected chi connectivity index (χ3v) is 6.96. The van der Waals surface area contributed by atoms with Crippen molar-refractivity contribution < 1.29 is 9.90 Å². The van der Waals surface area contributed by atoms with Crippen LogP contribution < -0.4 is 5.32 Å². The van der Waals surface area contributed by atoms with Gasteiger partial charge in [-0.25, -0.2) is 4.98 Å². The van der Waals surface area contributed by atoms with E-state index in [0.717, 1.165) is 37.5 Å². The van der Waals surface area contributed by atoms with Gasteiger partial charge in [0.2, 0.25) is 5.91 Å². The molecule has 0 atom stereocenters. The molecule has 0 radical (unpaired) electrons. The first-order valence-corrected chi connectivity index (χ1v) is 11.2. The lowest BCUT2D eigenvalue weighted by Crippen LogP contribution is -2.20. The summed E-state index contributed by atoms with van der Waals surface area (Å²) >= 11 is 1.53. The van der Waals surface area contributed by atoms with Crippen molar-refractivity contribution in [2.45, 2.75) is 5.92 Å². The molecular formula is C27H18N2O2S. The maximum atomic E-state index is 13.3. The Balaban J connectivity index is 1.31. The smallest absolute Gasteiger partial charge is 0.236 e. The number of nitrogens with zero attached hydrogens (tertiary/aromatic N) is 1. The lowest BCUT2D eigenvalue weighted by atomic mass is 9.96. The summed E-state index contributed by atoms with van der Waals surface area (Å²) in [5, 5.41) is 14.4. The highest BCUT2D eigenvalue weighted by Crippen LogP contribution is 2.45. The molecular weight excluding hydrogens is 416 g/mol. The molecule has 1 amide bonds. The summed E-state index contributed by atoms with van der Waals surface area (Å²) < 4.78 is 1.07. The van der Waals surface area contributed by atoms with E-state index in [1.807, 2.05) is 66.7 Å². The van der Waals surface area contributed by atoms with Crippen molar-refractivity contribution in [2.75, 3.05) is 5.32 Å². The average molecular weight is 435 g/mol. The standard InChI is InChI=1S/C27H18N2O2S/c30-23-15-16(13-14-21(23)27-29-22-11-5-6-12-24(22)32-27)28-26(31)25-19-9-3-1-7-17(19)18-8-2-4-10-20(18)25/h1-15,25,30H,(H,28,31). The fraction of sp³-hybridized carbons (Fsp3) is 0.0370. The first-order valence-electron chi connectivity index (χ1n) is 10.4. The van der Waals surface area contributed by atoms with E-state index in [4.69, 9.17) is 0 Å². The maximum Gasteiger partial charge on any atom is 0.236 e. The van der Waals surface area contributed by atoms with Gasteiger partial charge < -0.3 is 10.4 Å². The highest BCUT2D eigenvalue weighted by molar-refractivity contribution is 7.21. The maximum absolute atomic E-state index is 13.3. The number of hydrogen-bond acceptors (Lipinski definition) is 4. The van der Waals surface area contributed by atoms with Gasteiger partial charge >= 0.3 is 0 Å². The number of benzene rings is 4. The third kappa shape index (κ3) is 2.98. The van der Waals surface area contributed by atoms with Crippen LogP contribution in [-0.4, -0.2) is 16.0 Å². The molecule has 2 N–H and O–H groups in total. The highest BCUT2D eigenvalue weighted by Gasteiger charge is 2.33. The molecule has 1 heterocycles. The van der Waals surface area contributed by atoms with Gasteiger partial charge in [0.25, 0.3) is 0 Å². The second-order valence-corrected chi connectivity index (χ2v) is 8.85. The SMILES string of the molecule is O=C(Nc1ccc(-c2nc3ccccc3s2)c(O)c1)C1c2ccccc2-c2ccccc21. The number of thiazole rings is 1. The molecule has 154 valence electrons. The average Bonchev–Trinajstić information content (AvgIpc) is 3.38. The first kappa shape index (κ1) is 18.8. The van der Waals surface area contributed by atoms with Gasteiger partial charge in [0.05, 0.1) is 21.7 Å². The molecule has 32 heavy (non-hydrogen) atoms. The molecule has 0 unspecified atom stereocenters. The second kappa shape index (κ2) is 7.32. The van der Waals surface area contributed by atoms with Crippen LogP contribution in [0.2, 0.25) is 0 Å². The van der Waals surface area contributed by atoms with E-state index in [1.165, 1.54) is 11.3 Å². The molecule has 1 aliphatic rings. The van der Waals surface area contributed by atoms with Crippen molar-refractivity contribution in [3.8, 4) is 27.4 Å². The van der Waals surface area contributed by atoms with Gasteiger partial charge in [-0.1, -0.05) is 60.7 Å². The zero-order chi connectivity index (χ0) is 21.7. The first-order chi connectivity index (χ1) is 15.7. The van der Waals surface area contributed by atoms with Crippen molar-refractivity contribution in [2.24, 2.45) is 0 Å². The minimum Gasteiger partial charge on any atom is -0.507 e. The molecule has 1 aliphatic carbocycles. The van der Waals surface area contributed by atoms with Crippen LogP contribution in [0.1, 0.15) is 17.0 Å². The number of hydrogen-bond donors (Lipinski definition) is 2. The summed E-state index contributed by atoms with van der Waals surface area (Å²) in [6.07, 6.45) is 0. The minimum atomic E-state index is -0.381. The number of amides is 1. The Labute approximate surface area is 188 Å². The van der Waals surface area contributed by atoms with Crippen molar-refractivity contribution in [1.82, 2.24) is 4.98 Å². The summed E-state index contributed by atoms with van der Waals surface area (Å²) in [4.78, 5) is 17.9. The normalized spacial score (nSPS) is 12.5. The molecule has 0 saturated heterocycles. The number of aromatic nitrogens is 1. The fourth-order valence-corrected chi connectivity index (χ4v) is 5.43. The zero-order valence-electron chi connectivity index (χ0n) is 16.9. The number of carbonyl (C=O) groups excluding carboxylic acids is 1. The Morgan fingerprint density at radius 1 is 0.812 bits per heavy atom. The van der Waals surface area contributed by atoms with Crippen molar-refractivity contribution in [3.63, 3.8) is 0 Å². The Hall–Kier alpha value is -3.96. The number of carbonyl (C=O) groups is 1.